The van der Waals surface area contributed by atoms with Crippen molar-refractivity contribution in [3.63, 3.8) is 0 Å². The molecule has 0 aliphatic carbocycles. The Labute approximate surface area is 148 Å². The SMILES string of the molecule is O=C(Nc1ccc(Sc2ccncc2)cc1)c1ccc([N+](=O)[O-])cc1. The molecule has 1 aromatic heterocycles. The van der Waals surface area contributed by atoms with Gasteiger partial charge in [0.15, 0.2) is 0 Å². The minimum absolute atomic E-state index is 0.0472. The first kappa shape index (κ1) is 16.7. The lowest BCUT2D eigenvalue weighted by Crippen LogP contribution is -2.11. The van der Waals surface area contributed by atoms with Crippen molar-refractivity contribution in [3.05, 3.63) is 88.7 Å². The number of non-ortho nitro benzene ring substituents is 1. The molecular weight excluding hydrogens is 338 g/mol. The van der Waals surface area contributed by atoms with Gasteiger partial charge in [-0.25, -0.2) is 0 Å². The monoisotopic (exact) mass is 351 g/mol. The zero-order valence-electron chi connectivity index (χ0n) is 13.0. The van der Waals surface area contributed by atoms with Gasteiger partial charge in [0.05, 0.1) is 4.92 Å². The second-order valence-corrected chi connectivity index (χ2v) is 6.21. The smallest absolute Gasteiger partial charge is 0.269 e. The summed E-state index contributed by atoms with van der Waals surface area (Å²) in [4.78, 5) is 28.4. The fraction of sp³-hybridized carbons (Fsp3) is 0. The quantitative estimate of drug-likeness (QED) is 0.544. The van der Waals surface area contributed by atoms with Crippen LogP contribution < -0.4 is 5.32 Å². The summed E-state index contributed by atoms with van der Waals surface area (Å²) < 4.78 is 0. The van der Waals surface area contributed by atoms with Gasteiger partial charge in [-0.05, 0) is 48.5 Å². The van der Waals surface area contributed by atoms with E-state index in [1.807, 2.05) is 36.4 Å². The highest BCUT2D eigenvalue weighted by molar-refractivity contribution is 7.99. The van der Waals surface area contributed by atoms with Gasteiger partial charge in [0, 0.05) is 45.6 Å². The minimum atomic E-state index is -0.499. The summed E-state index contributed by atoms with van der Waals surface area (Å²) in [6.07, 6.45) is 3.47. The Bertz CT molecular complexity index is 882. The normalized spacial score (nSPS) is 10.2. The molecule has 0 spiro atoms. The van der Waals surface area contributed by atoms with Gasteiger partial charge in [0.1, 0.15) is 0 Å². The fourth-order valence-electron chi connectivity index (χ4n) is 2.09. The van der Waals surface area contributed by atoms with Gasteiger partial charge >= 0.3 is 0 Å². The molecule has 1 amide bonds. The number of benzene rings is 2. The van der Waals surface area contributed by atoms with Crippen molar-refractivity contribution in [1.29, 1.82) is 0 Å². The van der Waals surface area contributed by atoms with Crippen molar-refractivity contribution in [2.24, 2.45) is 0 Å². The molecule has 3 aromatic rings. The van der Waals surface area contributed by atoms with Crippen LogP contribution in [0, 0.1) is 10.1 Å². The Morgan fingerprint density at radius 2 is 1.52 bits per heavy atom. The summed E-state index contributed by atoms with van der Waals surface area (Å²) in [5.74, 6) is -0.315. The van der Waals surface area contributed by atoms with Gasteiger partial charge in [-0.1, -0.05) is 11.8 Å². The number of amides is 1. The first-order valence-corrected chi connectivity index (χ1v) is 8.17. The van der Waals surface area contributed by atoms with Crippen molar-refractivity contribution in [1.82, 2.24) is 4.98 Å². The van der Waals surface area contributed by atoms with Crippen LogP contribution in [0.4, 0.5) is 11.4 Å². The van der Waals surface area contributed by atoms with Crippen molar-refractivity contribution in [2.45, 2.75) is 9.79 Å². The number of rotatable bonds is 5. The Hall–Kier alpha value is -3.19. The average molecular weight is 351 g/mol. The first-order chi connectivity index (χ1) is 12.1. The molecule has 0 saturated heterocycles. The van der Waals surface area contributed by atoms with Crippen LogP contribution in [0.1, 0.15) is 10.4 Å². The lowest BCUT2D eigenvalue weighted by molar-refractivity contribution is -0.384. The molecule has 0 bridgehead atoms. The molecule has 2 aromatic carbocycles. The molecule has 1 N–H and O–H groups in total. The number of nitro groups is 1. The largest absolute Gasteiger partial charge is 0.322 e. The van der Waals surface area contributed by atoms with E-state index < -0.39 is 4.92 Å². The summed E-state index contributed by atoms with van der Waals surface area (Å²) in [7, 11) is 0. The van der Waals surface area contributed by atoms with Crippen LogP contribution >= 0.6 is 11.8 Å². The Morgan fingerprint density at radius 3 is 2.12 bits per heavy atom. The standard InChI is InChI=1S/C18H13N3O3S/c22-18(13-1-5-15(6-2-13)21(23)24)20-14-3-7-16(8-4-14)25-17-9-11-19-12-10-17/h1-12H,(H,20,22). The minimum Gasteiger partial charge on any atom is -0.322 e. The third-order valence-corrected chi connectivity index (χ3v) is 4.35. The second-order valence-electron chi connectivity index (χ2n) is 5.07. The molecule has 3 rings (SSSR count). The van der Waals surface area contributed by atoms with E-state index in [0.29, 0.717) is 11.3 Å². The molecule has 0 aliphatic heterocycles. The number of carbonyl (C=O) groups excluding carboxylic acids is 1. The molecule has 124 valence electrons. The Balaban J connectivity index is 1.64. The number of aromatic nitrogens is 1. The highest BCUT2D eigenvalue weighted by Crippen LogP contribution is 2.28. The molecule has 0 aliphatic rings. The highest BCUT2D eigenvalue weighted by atomic mass is 32.2. The third-order valence-electron chi connectivity index (χ3n) is 3.34. The van der Waals surface area contributed by atoms with Crippen LogP contribution in [0.5, 0.6) is 0 Å². The van der Waals surface area contributed by atoms with E-state index in [1.54, 1.807) is 24.2 Å². The number of pyridine rings is 1. The fourth-order valence-corrected chi connectivity index (χ4v) is 2.89. The highest BCUT2D eigenvalue weighted by Gasteiger charge is 2.09. The summed E-state index contributed by atoms with van der Waals surface area (Å²) in [5, 5.41) is 13.4. The zero-order chi connectivity index (χ0) is 17.6. The van der Waals surface area contributed by atoms with Crippen LogP contribution in [-0.4, -0.2) is 15.8 Å². The van der Waals surface area contributed by atoms with E-state index in [4.69, 9.17) is 0 Å². The van der Waals surface area contributed by atoms with Crippen molar-refractivity contribution in [3.8, 4) is 0 Å². The van der Waals surface area contributed by atoms with Crippen LogP contribution in [0.15, 0.2) is 82.8 Å². The van der Waals surface area contributed by atoms with Crippen LogP contribution in [0.25, 0.3) is 0 Å². The maximum absolute atomic E-state index is 12.2. The van der Waals surface area contributed by atoms with E-state index in [-0.39, 0.29) is 11.6 Å². The first-order valence-electron chi connectivity index (χ1n) is 7.35. The molecule has 0 atom stereocenters. The molecule has 0 fully saturated rings. The van der Waals surface area contributed by atoms with Gasteiger partial charge in [0.25, 0.3) is 11.6 Å². The number of hydrogen-bond acceptors (Lipinski definition) is 5. The average Bonchev–Trinajstić information content (AvgIpc) is 2.64. The van der Waals surface area contributed by atoms with E-state index in [9.17, 15) is 14.9 Å². The molecule has 0 radical (unpaired) electrons. The van der Waals surface area contributed by atoms with E-state index >= 15 is 0 Å². The van der Waals surface area contributed by atoms with Gasteiger partial charge < -0.3 is 5.32 Å². The van der Waals surface area contributed by atoms with E-state index in [1.165, 1.54) is 24.3 Å². The number of hydrogen-bond donors (Lipinski definition) is 1. The Kier molecular flexibility index (Phi) is 5.06. The molecule has 0 saturated carbocycles. The molecule has 0 unspecified atom stereocenters. The van der Waals surface area contributed by atoms with Crippen molar-refractivity contribution in [2.75, 3.05) is 5.32 Å². The Morgan fingerprint density at radius 1 is 0.920 bits per heavy atom. The number of anilines is 1. The molecule has 25 heavy (non-hydrogen) atoms. The zero-order valence-corrected chi connectivity index (χ0v) is 13.8. The van der Waals surface area contributed by atoms with Gasteiger partial charge in [-0.3, -0.25) is 19.9 Å². The van der Waals surface area contributed by atoms with E-state index in [0.717, 1.165) is 9.79 Å². The van der Waals surface area contributed by atoms with Crippen LogP contribution in [0.2, 0.25) is 0 Å². The molecular formula is C18H13N3O3S. The number of nitro benzene ring substituents is 1. The maximum Gasteiger partial charge on any atom is 0.269 e. The number of carbonyl (C=O) groups is 1. The van der Waals surface area contributed by atoms with Crippen LogP contribution in [0.3, 0.4) is 0 Å². The van der Waals surface area contributed by atoms with Gasteiger partial charge in [0.2, 0.25) is 0 Å². The van der Waals surface area contributed by atoms with Crippen LogP contribution in [-0.2, 0) is 0 Å². The predicted octanol–water partition coefficient (Wildman–Crippen LogP) is 4.39. The van der Waals surface area contributed by atoms with Gasteiger partial charge in [-0.15, -0.1) is 0 Å². The molecule has 1 heterocycles. The van der Waals surface area contributed by atoms with Crippen molar-refractivity contribution < 1.29 is 9.72 Å². The third kappa shape index (κ3) is 4.42. The topological polar surface area (TPSA) is 85.1 Å². The number of nitrogens with one attached hydrogen (secondary N) is 1. The number of nitrogens with zero attached hydrogens (tertiary/aromatic N) is 2. The summed E-state index contributed by atoms with van der Waals surface area (Å²) in [6.45, 7) is 0. The van der Waals surface area contributed by atoms with E-state index in [2.05, 4.69) is 10.3 Å². The lowest BCUT2D eigenvalue weighted by Gasteiger charge is -2.07. The van der Waals surface area contributed by atoms with Crippen molar-refractivity contribution >= 4 is 29.0 Å². The second kappa shape index (κ2) is 7.59. The maximum atomic E-state index is 12.2. The summed E-state index contributed by atoms with van der Waals surface area (Å²) in [6, 6.07) is 16.8. The summed E-state index contributed by atoms with van der Waals surface area (Å²) >= 11 is 1.60. The molecule has 6 nitrogen and oxygen atoms in total. The van der Waals surface area contributed by atoms with Gasteiger partial charge in [-0.2, -0.15) is 0 Å². The summed E-state index contributed by atoms with van der Waals surface area (Å²) in [5.41, 5.74) is 0.970. The predicted molar refractivity (Wildman–Crippen MR) is 95.9 cm³/mol. The molecule has 7 heteroatoms. The lowest BCUT2D eigenvalue weighted by atomic mass is 10.2.